The second-order valence-corrected chi connectivity index (χ2v) is 8.77. The summed E-state index contributed by atoms with van der Waals surface area (Å²) in [7, 11) is 0. The van der Waals surface area contributed by atoms with Gasteiger partial charge in [-0.3, -0.25) is 19.4 Å². The zero-order valence-electron chi connectivity index (χ0n) is 17.5. The molecule has 1 aromatic heterocycles. The van der Waals surface area contributed by atoms with E-state index in [0.717, 1.165) is 6.07 Å². The standard InChI is InChI=1S/C22H22ClFN4O5/c23-15-2-1-14(8-16(15)24)33-9-18(30)27-21-10-22(11-21,12-21)28-19(31)13-3-4-25-17(7-13)20(32)26-5-6-29/h1-4,7-8,29H,5-6,9-12H2,(H,26,32)(H,27,30)(H,28,31). The van der Waals surface area contributed by atoms with E-state index in [1.807, 2.05) is 0 Å². The number of hydrogen-bond donors (Lipinski definition) is 4. The lowest BCUT2D eigenvalue weighted by atomic mass is 9.44. The summed E-state index contributed by atoms with van der Waals surface area (Å²) in [5.74, 6) is -1.57. The Balaban J connectivity index is 1.24. The van der Waals surface area contributed by atoms with Gasteiger partial charge in [0.2, 0.25) is 0 Å². The molecule has 5 rings (SSSR count). The SMILES string of the molecule is O=C(COc1ccc(Cl)c(F)c1)NC12CC(NC(=O)c3ccnc(C(=O)NCCO)c3)(C1)C2. The number of rotatable bonds is 9. The van der Waals surface area contributed by atoms with Crippen molar-refractivity contribution in [3.8, 4) is 5.75 Å². The highest BCUT2D eigenvalue weighted by molar-refractivity contribution is 6.30. The zero-order chi connectivity index (χ0) is 23.6. The number of pyridine rings is 1. The van der Waals surface area contributed by atoms with Crippen molar-refractivity contribution < 1.29 is 28.6 Å². The van der Waals surface area contributed by atoms with Gasteiger partial charge >= 0.3 is 0 Å². The van der Waals surface area contributed by atoms with E-state index < -0.39 is 17.3 Å². The third-order valence-corrected chi connectivity index (χ3v) is 6.03. The summed E-state index contributed by atoms with van der Waals surface area (Å²) in [5.41, 5.74) is -0.400. The van der Waals surface area contributed by atoms with Crippen LogP contribution in [0.25, 0.3) is 0 Å². The Labute approximate surface area is 193 Å². The van der Waals surface area contributed by atoms with Crippen LogP contribution in [0.4, 0.5) is 4.39 Å². The van der Waals surface area contributed by atoms with Crippen LogP contribution in [0, 0.1) is 5.82 Å². The molecule has 4 N–H and O–H groups in total. The Hall–Kier alpha value is -3.24. The number of hydrogen-bond acceptors (Lipinski definition) is 6. The molecule has 33 heavy (non-hydrogen) atoms. The van der Waals surface area contributed by atoms with E-state index in [-0.39, 0.29) is 53.6 Å². The first kappa shape index (κ1) is 22.9. The Morgan fingerprint density at radius 2 is 1.82 bits per heavy atom. The maximum Gasteiger partial charge on any atom is 0.269 e. The van der Waals surface area contributed by atoms with Crippen LogP contribution in [0.5, 0.6) is 5.75 Å². The molecule has 0 unspecified atom stereocenters. The van der Waals surface area contributed by atoms with Gasteiger partial charge in [0.05, 0.1) is 11.6 Å². The molecule has 0 aliphatic heterocycles. The van der Waals surface area contributed by atoms with Crippen molar-refractivity contribution in [3.63, 3.8) is 0 Å². The summed E-state index contributed by atoms with van der Waals surface area (Å²) >= 11 is 5.62. The normalized spacial score (nSPS) is 22.4. The molecule has 0 saturated heterocycles. The first-order valence-electron chi connectivity index (χ1n) is 10.3. The van der Waals surface area contributed by atoms with E-state index in [9.17, 15) is 18.8 Å². The maximum absolute atomic E-state index is 13.4. The van der Waals surface area contributed by atoms with Crippen LogP contribution >= 0.6 is 11.6 Å². The van der Waals surface area contributed by atoms with Crippen LogP contribution in [0.15, 0.2) is 36.5 Å². The fourth-order valence-electron chi connectivity index (χ4n) is 4.37. The third kappa shape index (κ3) is 4.91. The molecule has 0 radical (unpaired) electrons. The Morgan fingerprint density at radius 1 is 1.09 bits per heavy atom. The quantitative estimate of drug-likeness (QED) is 0.430. The molecular formula is C22H22ClFN4O5. The predicted octanol–water partition coefficient (Wildman–Crippen LogP) is 1.20. The van der Waals surface area contributed by atoms with Crippen molar-refractivity contribution >= 4 is 29.3 Å². The van der Waals surface area contributed by atoms with Crippen LogP contribution in [-0.4, -0.2) is 58.6 Å². The number of carbonyl (C=O) groups excluding carboxylic acids is 3. The van der Waals surface area contributed by atoms with Crippen molar-refractivity contribution in [2.45, 2.75) is 30.3 Å². The van der Waals surface area contributed by atoms with Gasteiger partial charge in [-0.1, -0.05) is 11.6 Å². The smallest absolute Gasteiger partial charge is 0.269 e. The molecule has 2 bridgehead atoms. The van der Waals surface area contributed by atoms with Crippen molar-refractivity contribution in [2.24, 2.45) is 0 Å². The Morgan fingerprint density at radius 3 is 2.52 bits per heavy atom. The van der Waals surface area contributed by atoms with Gasteiger partial charge in [0.25, 0.3) is 17.7 Å². The number of nitrogens with one attached hydrogen (secondary N) is 3. The first-order chi connectivity index (χ1) is 15.7. The van der Waals surface area contributed by atoms with Gasteiger partial charge in [0.1, 0.15) is 17.3 Å². The highest BCUT2D eigenvalue weighted by Crippen LogP contribution is 2.60. The molecule has 0 atom stereocenters. The number of aliphatic hydroxyl groups is 1. The Kier molecular flexibility index (Phi) is 6.22. The predicted molar refractivity (Wildman–Crippen MR) is 115 cm³/mol. The number of benzene rings is 1. The summed E-state index contributed by atoms with van der Waals surface area (Å²) in [6.45, 7) is -0.367. The number of amides is 3. The van der Waals surface area contributed by atoms with Crippen LogP contribution < -0.4 is 20.7 Å². The van der Waals surface area contributed by atoms with E-state index >= 15 is 0 Å². The molecule has 0 spiro atoms. The van der Waals surface area contributed by atoms with E-state index in [1.165, 1.54) is 30.5 Å². The van der Waals surface area contributed by atoms with Gasteiger partial charge in [0.15, 0.2) is 6.61 Å². The van der Waals surface area contributed by atoms with Gasteiger partial charge in [0, 0.05) is 35.4 Å². The minimum absolute atomic E-state index is 0.0269. The second-order valence-electron chi connectivity index (χ2n) is 8.37. The molecular weight excluding hydrogens is 455 g/mol. The number of aromatic nitrogens is 1. The molecule has 3 aliphatic rings. The molecule has 3 fully saturated rings. The fourth-order valence-corrected chi connectivity index (χ4v) is 4.49. The van der Waals surface area contributed by atoms with Crippen LogP contribution in [0.1, 0.15) is 40.1 Å². The molecule has 11 heteroatoms. The van der Waals surface area contributed by atoms with E-state index in [0.29, 0.717) is 24.8 Å². The van der Waals surface area contributed by atoms with Gasteiger partial charge < -0.3 is 25.8 Å². The zero-order valence-corrected chi connectivity index (χ0v) is 18.2. The second kappa shape index (κ2) is 8.95. The molecule has 3 saturated carbocycles. The largest absolute Gasteiger partial charge is 0.484 e. The summed E-state index contributed by atoms with van der Waals surface area (Å²) in [4.78, 5) is 40.8. The molecule has 3 amide bonds. The van der Waals surface area contributed by atoms with Crippen LogP contribution in [0.2, 0.25) is 5.02 Å². The molecule has 9 nitrogen and oxygen atoms in total. The monoisotopic (exact) mass is 476 g/mol. The van der Waals surface area contributed by atoms with Gasteiger partial charge in [-0.25, -0.2) is 4.39 Å². The minimum atomic E-state index is -0.626. The van der Waals surface area contributed by atoms with Crippen molar-refractivity contribution in [2.75, 3.05) is 19.8 Å². The average molecular weight is 477 g/mol. The Bertz CT molecular complexity index is 1090. The van der Waals surface area contributed by atoms with E-state index in [1.54, 1.807) is 0 Å². The van der Waals surface area contributed by atoms with Crippen molar-refractivity contribution in [3.05, 3.63) is 58.6 Å². The van der Waals surface area contributed by atoms with Crippen molar-refractivity contribution in [1.29, 1.82) is 0 Å². The average Bonchev–Trinajstić information content (AvgIpc) is 2.76. The highest BCUT2D eigenvalue weighted by Gasteiger charge is 2.69. The van der Waals surface area contributed by atoms with Crippen molar-refractivity contribution in [1.82, 2.24) is 20.9 Å². The molecule has 2 aromatic rings. The number of carbonyl (C=O) groups is 3. The summed E-state index contributed by atoms with van der Waals surface area (Å²) in [6, 6.07) is 6.85. The topological polar surface area (TPSA) is 130 Å². The van der Waals surface area contributed by atoms with E-state index in [2.05, 4.69) is 20.9 Å². The molecule has 1 aromatic carbocycles. The number of halogens is 2. The number of ether oxygens (including phenoxy) is 1. The van der Waals surface area contributed by atoms with Crippen LogP contribution in [0.3, 0.4) is 0 Å². The summed E-state index contributed by atoms with van der Waals surface area (Å²) in [5, 5.41) is 17.1. The lowest BCUT2D eigenvalue weighted by Gasteiger charge is -2.70. The van der Waals surface area contributed by atoms with Gasteiger partial charge in [-0.15, -0.1) is 0 Å². The third-order valence-electron chi connectivity index (χ3n) is 5.73. The molecule has 174 valence electrons. The van der Waals surface area contributed by atoms with E-state index in [4.69, 9.17) is 21.4 Å². The van der Waals surface area contributed by atoms with Crippen LogP contribution in [-0.2, 0) is 4.79 Å². The lowest BCUT2D eigenvalue weighted by Crippen LogP contribution is -2.84. The molecule has 3 aliphatic carbocycles. The first-order valence-corrected chi connectivity index (χ1v) is 10.7. The fraction of sp³-hybridized carbons (Fsp3) is 0.364. The maximum atomic E-state index is 13.4. The number of nitrogens with zero attached hydrogens (tertiary/aromatic N) is 1. The number of aliphatic hydroxyl groups excluding tert-OH is 1. The lowest BCUT2D eigenvalue weighted by molar-refractivity contribution is -0.141. The van der Waals surface area contributed by atoms with Gasteiger partial charge in [-0.05, 0) is 43.5 Å². The highest BCUT2D eigenvalue weighted by atomic mass is 35.5. The molecule has 1 heterocycles. The summed E-state index contributed by atoms with van der Waals surface area (Å²) < 4.78 is 18.8. The summed E-state index contributed by atoms with van der Waals surface area (Å²) in [6.07, 6.45) is 3.13. The minimum Gasteiger partial charge on any atom is -0.484 e. The van der Waals surface area contributed by atoms with Gasteiger partial charge in [-0.2, -0.15) is 0 Å².